The van der Waals surface area contributed by atoms with E-state index in [1.807, 2.05) is 32.0 Å². The van der Waals surface area contributed by atoms with Crippen molar-refractivity contribution in [2.45, 2.75) is 25.9 Å². The lowest BCUT2D eigenvalue weighted by Crippen LogP contribution is -2.52. The number of carbonyl (C=O) groups excluding carboxylic acids is 1. The van der Waals surface area contributed by atoms with Crippen molar-refractivity contribution in [3.8, 4) is 5.75 Å². The Hall–Kier alpha value is -1.55. The SMILES string of the molecule is COc1c(C)cccc1C1NCC(C)NC1=O. The lowest BCUT2D eigenvalue weighted by molar-refractivity contribution is -0.125. The molecule has 1 aromatic rings. The van der Waals surface area contributed by atoms with Crippen LogP contribution in [0.3, 0.4) is 0 Å². The largest absolute Gasteiger partial charge is 0.496 e. The molecule has 0 saturated carbocycles. The number of piperazine rings is 1. The molecule has 2 atom stereocenters. The second-order valence-corrected chi connectivity index (χ2v) is 4.45. The summed E-state index contributed by atoms with van der Waals surface area (Å²) in [6, 6.07) is 5.71. The first-order valence-corrected chi connectivity index (χ1v) is 5.80. The van der Waals surface area contributed by atoms with Crippen LogP contribution in [-0.4, -0.2) is 25.6 Å². The van der Waals surface area contributed by atoms with Crippen LogP contribution in [0, 0.1) is 6.92 Å². The number of ether oxygens (including phenoxy) is 1. The highest BCUT2D eigenvalue weighted by Gasteiger charge is 2.29. The molecule has 4 nitrogen and oxygen atoms in total. The molecule has 92 valence electrons. The highest BCUT2D eigenvalue weighted by atomic mass is 16.5. The first kappa shape index (κ1) is 11.9. The normalized spacial score (nSPS) is 24.3. The number of amides is 1. The maximum Gasteiger partial charge on any atom is 0.242 e. The summed E-state index contributed by atoms with van der Waals surface area (Å²) in [6.07, 6.45) is 0. The molecule has 0 radical (unpaired) electrons. The van der Waals surface area contributed by atoms with Crippen molar-refractivity contribution in [1.29, 1.82) is 0 Å². The van der Waals surface area contributed by atoms with Gasteiger partial charge >= 0.3 is 0 Å². The average molecular weight is 234 g/mol. The van der Waals surface area contributed by atoms with Crippen LogP contribution in [0.2, 0.25) is 0 Å². The molecule has 2 unspecified atom stereocenters. The van der Waals surface area contributed by atoms with Crippen molar-refractivity contribution in [3.63, 3.8) is 0 Å². The van der Waals surface area contributed by atoms with Gasteiger partial charge in [0.05, 0.1) is 7.11 Å². The number of rotatable bonds is 2. The number of hydrogen-bond donors (Lipinski definition) is 2. The molecular formula is C13H18N2O2. The summed E-state index contributed by atoms with van der Waals surface area (Å²) < 4.78 is 5.38. The summed E-state index contributed by atoms with van der Waals surface area (Å²) in [7, 11) is 1.63. The Morgan fingerprint density at radius 2 is 2.18 bits per heavy atom. The molecule has 1 fully saturated rings. The summed E-state index contributed by atoms with van der Waals surface area (Å²) in [5.74, 6) is 0.794. The van der Waals surface area contributed by atoms with Crippen LogP contribution in [-0.2, 0) is 4.79 Å². The van der Waals surface area contributed by atoms with Gasteiger partial charge in [0, 0.05) is 18.2 Å². The van der Waals surface area contributed by atoms with Crippen molar-refractivity contribution in [2.75, 3.05) is 13.7 Å². The summed E-state index contributed by atoms with van der Waals surface area (Å²) in [5.41, 5.74) is 1.94. The van der Waals surface area contributed by atoms with Gasteiger partial charge in [-0.3, -0.25) is 4.79 Å². The first-order valence-electron chi connectivity index (χ1n) is 5.80. The third-order valence-electron chi connectivity index (χ3n) is 3.04. The Morgan fingerprint density at radius 3 is 2.82 bits per heavy atom. The minimum atomic E-state index is -0.318. The maximum atomic E-state index is 12.0. The first-order chi connectivity index (χ1) is 8.13. The van der Waals surface area contributed by atoms with Crippen LogP contribution in [0.4, 0.5) is 0 Å². The highest BCUT2D eigenvalue weighted by molar-refractivity contribution is 5.85. The molecule has 0 aromatic heterocycles. The Labute approximate surface area is 101 Å². The van der Waals surface area contributed by atoms with E-state index in [0.29, 0.717) is 0 Å². The molecule has 1 aliphatic rings. The molecule has 0 aliphatic carbocycles. The van der Waals surface area contributed by atoms with Gasteiger partial charge < -0.3 is 15.4 Å². The van der Waals surface area contributed by atoms with E-state index in [-0.39, 0.29) is 18.0 Å². The van der Waals surface area contributed by atoms with Crippen molar-refractivity contribution in [1.82, 2.24) is 10.6 Å². The third-order valence-corrected chi connectivity index (χ3v) is 3.04. The van der Waals surface area contributed by atoms with Gasteiger partial charge in [0.2, 0.25) is 5.91 Å². The summed E-state index contributed by atoms with van der Waals surface area (Å²) in [5, 5.41) is 6.19. The number of para-hydroxylation sites is 1. The predicted octanol–water partition coefficient (Wildman–Crippen LogP) is 1.15. The zero-order valence-electron chi connectivity index (χ0n) is 10.4. The molecule has 1 saturated heterocycles. The molecule has 2 N–H and O–H groups in total. The molecular weight excluding hydrogens is 216 g/mol. The van der Waals surface area contributed by atoms with Gasteiger partial charge in [0.15, 0.2) is 0 Å². The van der Waals surface area contributed by atoms with Gasteiger partial charge in [-0.2, -0.15) is 0 Å². The van der Waals surface area contributed by atoms with Crippen LogP contribution >= 0.6 is 0 Å². The van der Waals surface area contributed by atoms with Crippen molar-refractivity contribution in [3.05, 3.63) is 29.3 Å². The summed E-state index contributed by atoms with van der Waals surface area (Å²) >= 11 is 0. The van der Waals surface area contributed by atoms with Crippen LogP contribution in [0.15, 0.2) is 18.2 Å². The number of carbonyl (C=O) groups is 1. The Balaban J connectivity index is 2.34. The maximum absolute atomic E-state index is 12.0. The van der Waals surface area contributed by atoms with Gasteiger partial charge in [-0.1, -0.05) is 18.2 Å². The van der Waals surface area contributed by atoms with Crippen molar-refractivity contribution < 1.29 is 9.53 Å². The van der Waals surface area contributed by atoms with E-state index in [2.05, 4.69) is 10.6 Å². The van der Waals surface area contributed by atoms with Crippen molar-refractivity contribution in [2.24, 2.45) is 0 Å². The number of hydrogen-bond acceptors (Lipinski definition) is 3. The van der Waals surface area contributed by atoms with E-state index in [9.17, 15) is 4.79 Å². The van der Waals surface area contributed by atoms with E-state index in [0.717, 1.165) is 23.4 Å². The summed E-state index contributed by atoms with van der Waals surface area (Å²) in [4.78, 5) is 12.0. The zero-order chi connectivity index (χ0) is 12.4. The Morgan fingerprint density at radius 1 is 1.41 bits per heavy atom. The van der Waals surface area contributed by atoms with Gasteiger partial charge in [-0.05, 0) is 19.4 Å². The lowest BCUT2D eigenvalue weighted by atomic mass is 9.99. The zero-order valence-corrected chi connectivity index (χ0v) is 10.4. The standard InChI is InChI=1S/C13H18N2O2/c1-8-5-4-6-10(12(8)17-3)11-13(16)15-9(2)7-14-11/h4-6,9,11,14H,7H2,1-3H3,(H,15,16). The van der Waals surface area contributed by atoms with Crippen molar-refractivity contribution >= 4 is 5.91 Å². The van der Waals surface area contributed by atoms with E-state index in [1.54, 1.807) is 7.11 Å². The number of benzene rings is 1. The van der Waals surface area contributed by atoms with E-state index in [1.165, 1.54) is 0 Å². The Kier molecular flexibility index (Phi) is 3.33. The molecule has 1 aliphatic heterocycles. The molecule has 1 heterocycles. The van der Waals surface area contributed by atoms with E-state index >= 15 is 0 Å². The fourth-order valence-corrected chi connectivity index (χ4v) is 2.20. The third kappa shape index (κ3) is 2.26. The second kappa shape index (κ2) is 4.75. The fraction of sp³-hybridized carbons (Fsp3) is 0.462. The topological polar surface area (TPSA) is 50.4 Å². The number of aryl methyl sites for hydroxylation is 1. The predicted molar refractivity (Wildman–Crippen MR) is 66.1 cm³/mol. The molecule has 0 spiro atoms. The van der Waals surface area contributed by atoms with Gasteiger partial charge in [0.1, 0.15) is 11.8 Å². The van der Waals surface area contributed by atoms with E-state index in [4.69, 9.17) is 4.74 Å². The number of nitrogens with one attached hydrogen (secondary N) is 2. The van der Waals surface area contributed by atoms with Crippen LogP contribution in [0.25, 0.3) is 0 Å². The molecule has 2 rings (SSSR count). The number of methoxy groups -OCH3 is 1. The van der Waals surface area contributed by atoms with Crippen LogP contribution in [0.5, 0.6) is 5.75 Å². The lowest BCUT2D eigenvalue weighted by Gasteiger charge is -2.29. The quantitative estimate of drug-likeness (QED) is 0.807. The van der Waals surface area contributed by atoms with Crippen LogP contribution < -0.4 is 15.4 Å². The highest BCUT2D eigenvalue weighted by Crippen LogP contribution is 2.29. The van der Waals surface area contributed by atoms with Gasteiger partial charge in [-0.25, -0.2) is 0 Å². The molecule has 4 heteroatoms. The van der Waals surface area contributed by atoms with Gasteiger partial charge in [0.25, 0.3) is 0 Å². The fourth-order valence-electron chi connectivity index (χ4n) is 2.20. The molecule has 17 heavy (non-hydrogen) atoms. The average Bonchev–Trinajstić information content (AvgIpc) is 2.29. The minimum Gasteiger partial charge on any atom is -0.496 e. The molecule has 1 amide bonds. The molecule has 1 aromatic carbocycles. The van der Waals surface area contributed by atoms with E-state index < -0.39 is 0 Å². The molecule has 0 bridgehead atoms. The Bertz CT molecular complexity index is 431. The monoisotopic (exact) mass is 234 g/mol. The smallest absolute Gasteiger partial charge is 0.242 e. The summed E-state index contributed by atoms with van der Waals surface area (Å²) in [6.45, 7) is 4.73. The van der Waals surface area contributed by atoms with Crippen LogP contribution in [0.1, 0.15) is 24.1 Å². The second-order valence-electron chi connectivity index (χ2n) is 4.45. The van der Waals surface area contributed by atoms with Gasteiger partial charge in [-0.15, -0.1) is 0 Å². The minimum absolute atomic E-state index is 0.00708.